The first-order valence-corrected chi connectivity index (χ1v) is 8.56. The maximum absolute atomic E-state index is 13.2. The van der Waals surface area contributed by atoms with Gasteiger partial charge in [0.15, 0.2) is 0 Å². The van der Waals surface area contributed by atoms with Crippen molar-refractivity contribution in [3.05, 3.63) is 65.5 Å². The number of aliphatic hydroxyl groups is 1. The number of amides is 1. The number of para-hydroxylation sites is 1. The van der Waals surface area contributed by atoms with E-state index in [1.807, 2.05) is 12.1 Å². The Labute approximate surface area is 147 Å². The molecule has 1 N–H and O–H groups in total. The number of piperazine rings is 1. The van der Waals surface area contributed by atoms with E-state index in [2.05, 4.69) is 24.0 Å². The highest BCUT2D eigenvalue weighted by Gasteiger charge is 2.24. The first-order valence-electron chi connectivity index (χ1n) is 8.56. The maximum Gasteiger partial charge on any atom is 0.225 e. The van der Waals surface area contributed by atoms with Crippen molar-refractivity contribution in [3.63, 3.8) is 0 Å². The monoisotopic (exact) mass is 342 g/mol. The third-order valence-corrected chi connectivity index (χ3v) is 4.69. The van der Waals surface area contributed by atoms with Crippen LogP contribution in [0.3, 0.4) is 0 Å². The summed E-state index contributed by atoms with van der Waals surface area (Å²) < 4.78 is 13.2. The van der Waals surface area contributed by atoms with Gasteiger partial charge in [-0.1, -0.05) is 30.3 Å². The van der Waals surface area contributed by atoms with Gasteiger partial charge in [0.25, 0.3) is 0 Å². The van der Waals surface area contributed by atoms with Gasteiger partial charge in [-0.05, 0) is 36.2 Å². The van der Waals surface area contributed by atoms with Crippen molar-refractivity contribution in [2.24, 2.45) is 0 Å². The zero-order valence-corrected chi connectivity index (χ0v) is 14.4. The summed E-state index contributed by atoms with van der Waals surface area (Å²) in [5.74, 6) is -0.503. The molecule has 0 saturated carbocycles. The molecule has 3 rings (SSSR count). The molecule has 0 aromatic heterocycles. The fourth-order valence-electron chi connectivity index (χ4n) is 3.24. The SMILES string of the molecule is Cc1ccccc1N1CCN(C(=O)CC(O)c2cccc(F)c2)CC1. The van der Waals surface area contributed by atoms with Crippen LogP contribution < -0.4 is 4.90 Å². The van der Waals surface area contributed by atoms with E-state index in [0.29, 0.717) is 18.7 Å². The van der Waals surface area contributed by atoms with E-state index in [1.54, 1.807) is 17.0 Å². The molecular formula is C20H23FN2O2. The molecule has 1 heterocycles. The molecule has 1 amide bonds. The maximum atomic E-state index is 13.2. The number of benzene rings is 2. The number of carbonyl (C=O) groups excluding carboxylic acids is 1. The van der Waals surface area contributed by atoms with Crippen LogP contribution in [-0.4, -0.2) is 42.1 Å². The third-order valence-electron chi connectivity index (χ3n) is 4.69. The van der Waals surface area contributed by atoms with E-state index in [1.165, 1.54) is 23.4 Å². The van der Waals surface area contributed by atoms with Gasteiger partial charge in [0.05, 0.1) is 12.5 Å². The van der Waals surface area contributed by atoms with E-state index in [0.717, 1.165) is 13.1 Å². The molecule has 5 heteroatoms. The fraction of sp³-hybridized carbons (Fsp3) is 0.350. The van der Waals surface area contributed by atoms with E-state index >= 15 is 0 Å². The van der Waals surface area contributed by atoms with Gasteiger partial charge in [0.1, 0.15) is 5.82 Å². The van der Waals surface area contributed by atoms with Gasteiger partial charge in [-0.2, -0.15) is 0 Å². The van der Waals surface area contributed by atoms with Crippen molar-refractivity contribution in [1.82, 2.24) is 4.90 Å². The zero-order chi connectivity index (χ0) is 17.8. The highest BCUT2D eigenvalue weighted by atomic mass is 19.1. The summed E-state index contributed by atoms with van der Waals surface area (Å²) >= 11 is 0. The number of aryl methyl sites for hydroxylation is 1. The number of anilines is 1. The number of nitrogens with zero attached hydrogens (tertiary/aromatic N) is 2. The molecule has 0 spiro atoms. The Kier molecular flexibility index (Phi) is 5.34. The van der Waals surface area contributed by atoms with Gasteiger partial charge in [-0.25, -0.2) is 4.39 Å². The van der Waals surface area contributed by atoms with Crippen LogP contribution in [0.15, 0.2) is 48.5 Å². The second-order valence-corrected chi connectivity index (χ2v) is 6.43. The molecule has 0 bridgehead atoms. The average molecular weight is 342 g/mol. The van der Waals surface area contributed by atoms with Crippen LogP contribution in [0.4, 0.5) is 10.1 Å². The molecule has 1 aliphatic heterocycles. The van der Waals surface area contributed by atoms with Crippen LogP contribution in [0.5, 0.6) is 0 Å². The van der Waals surface area contributed by atoms with Crippen molar-refractivity contribution >= 4 is 11.6 Å². The standard InChI is InChI=1S/C20H23FN2O2/c1-15-5-2-3-8-18(15)22-9-11-23(12-10-22)20(25)14-19(24)16-6-4-7-17(21)13-16/h2-8,13,19,24H,9-12,14H2,1H3. The number of rotatable bonds is 4. The Morgan fingerprint density at radius 3 is 2.52 bits per heavy atom. The van der Waals surface area contributed by atoms with E-state index in [9.17, 15) is 14.3 Å². The first-order chi connectivity index (χ1) is 12.0. The number of aliphatic hydroxyl groups excluding tert-OH is 1. The molecule has 2 aromatic rings. The van der Waals surface area contributed by atoms with Gasteiger partial charge in [-0.15, -0.1) is 0 Å². The largest absolute Gasteiger partial charge is 0.388 e. The molecule has 25 heavy (non-hydrogen) atoms. The van der Waals surface area contributed by atoms with Crippen molar-refractivity contribution in [1.29, 1.82) is 0 Å². The van der Waals surface area contributed by atoms with Crippen LogP contribution in [0.2, 0.25) is 0 Å². The van der Waals surface area contributed by atoms with Gasteiger partial charge in [-0.3, -0.25) is 4.79 Å². The fourth-order valence-corrected chi connectivity index (χ4v) is 3.24. The normalized spacial score (nSPS) is 16.0. The van der Waals surface area contributed by atoms with Crippen LogP contribution in [0, 0.1) is 12.7 Å². The highest BCUT2D eigenvalue weighted by molar-refractivity contribution is 5.77. The van der Waals surface area contributed by atoms with Gasteiger partial charge >= 0.3 is 0 Å². The minimum atomic E-state index is -0.974. The number of hydrogen-bond donors (Lipinski definition) is 1. The van der Waals surface area contributed by atoms with Gasteiger partial charge < -0.3 is 14.9 Å². The summed E-state index contributed by atoms with van der Waals surface area (Å²) in [5.41, 5.74) is 2.87. The Bertz CT molecular complexity index is 742. The van der Waals surface area contributed by atoms with E-state index < -0.39 is 11.9 Å². The summed E-state index contributed by atoms with van der Waals surface area (Å²) in [4.78, 5) is 16.5. The van der Waals surface area contributed by atoms with E-state index in [-0.39, 0.29) is 12.3 Å². The predicted octanol–water partition coefficient (Wildman–Crippen LogP) is 2.91. The summed E-state index contributed by atoms with van der Waals surface area (Å²) in [7, 11) is 0. The molecule has 1 saturated heterocycles. The zero-order valence-electron chi connectivity index (χ0n) is 14.4. The second kappa shape index (κ2) is 7.66. The number of hydrogen-bond acceptors (Lipinski definition) is 3. The van der Waals surface area contributed by atoms with Gasteiger partial charge in [0, 0.05) is 31.9 Å². The lowest BCUT2D eigenvalue weighted by atomic mass is 10.1. The van der Waals surface area contributed by atoms with Crippen LogP contribution in [0.1, 0.15) is 23.7 Å². The lowest BCUT2D eigenvalue weighted by molar-refractivity contribution is -0.133. The summed E-state index contributed by atoms with van der Waals surface area (Å²) in [6, 6.07) is 14.0. The molecule has 1 atom stereocenters. The van der Waals surface area contributed by atoms with E-state index in [4.69, 9.17) is 0 Å². The summed E-state index contributed by atoms with van der Waals surface area (Å²) in [6.45, 7) is 4.88. The van der Waals surface area contributed by atoms with Crippen molar-refractivity contribution in [2.45, 2.75) is 19.4 Å². The van der Waals surface area contributed by atoms with Crippen LogP contribution in [-0.2, 0) is 4.79 Å². The quantitative estimate of drug-likeness (QED) is 0.929. The van der Waals surface area contributed by atoms with Gasteiger partial charge in [0.2, 0.25) is 5.91 Å². The Balaban J connectivity index is 1.56. The van der Waals surface area contributed by atoms with Crippen molar-refractivity contribution in [3.8, 4) is 0 Å². The molecule has 132 valence electrons. The van der Waals surface area contributed by atoms with Crippen molar-refractivity contribution in [2.75, 3.05) is 31.1 Å². The Hall–Kier alpha value is -2.40. The minimum Gasteiger partial charge on any atom is -0.388 e. The van der Waals surface area contributed by atoms with Crippen molar-refractivity contribution < 1.29 is 14.3 Å². The van der Waals surface area contributed by atoms with Crippen LogP contribution >= 0.6 is 0 Å². The van der Waals surface area contributed by atoms with Crippen LogP contribution in [0.25, 0.3) is 0 Å². The first kappa shape index (κ1) is 17.4. The molecule has 4 nitrogen and oxygen atoms in total. The Morgan fingerprint density at radius 2 is 1.84 bits per heavy atom. The molecule has 1 aliphatic rings. The number of halogens is 1. The Morgan fingerprint density at radius 1 is 1.12 bits per heavy atom. The lowest BCUT2D eigenvalue weighted by Gasteiger charge is -2.37. The smallest absolute Gasteiger partial charge is 0.225 e. The molecule has 0 aliphatic carbocycles. The third kappa shape index (κ3) is 4.17. The average Bonchev–Trinajstić information content (AvgIpc) is 2.62. The topological polar surface area (TPSA) is 43.8 Å². The lowest BCUT2D eigenvalue weighted by Crippen LogP contribution is -2.49. The highest BCUT2D eigenvalue weighted by Crippen LogP contribution is 2.22. The molecule has 1 fully saturated rings. The minimum absolute atomic E-state index is 0.0200. The summed E-state index contributed by atoms with van der Waals surface area (Å²) in [5, 5.41) is 10.2. The second-order valence-electron chi connectivity index (χ2n) is 6.43. The predicted molar refractivity (Wildman–Crippen MR) is 95.9 cm³/mol. The molecule has 0 radical (unpaired) electrons. The number of carbonyl (C=O) groups is 1. The molecular weight excluding hydrogens is 319 g/mol. The molecule has 2 aromatic carbocycles. The summed E-state index contributed by atoms with van der Waals surface area (Å²) in [6.07, 6.45) is -0.994. The molecule has 1 unspecified atom stereocenters.